The van der Waals surface area contributed by atoms with Crippen LogP contribution in [0.1, 0.15) is 36.5 Å². The molecule has 2 aromatic carbocycles. The number of halogens is 2. The monoisotopic (exact) mass is 448 g/mol. The van der Waals surface area contributed by atoms with Gasteiger partial charge in [-0.05, 0) is 43.5 Å². The van der Waals surface area contributed by atoms with Crippen molar-refractivity contribution in [2.24, 2.45) is 0 Å². The molecule has 0 aliphatic carbocycles. The molecular formula is C23H26Cl2N2O3. The highest BCUT2D eigenvalue weighted by atomic mass is 35.5. The molecule has 2 amide bonds. The van der Waals surface area contributed by atoms with Gasteiger partial charge < -0.3 is 14.5 Å². The molecular weight excluding hydrogens is 423 g/mol. The minimum atomic E-state index is -0.0595. The Bertz CT molecular complexity index is 868. The third kappa shape index (κ3) is 5.67. The molecule has 160 valence electrons. The van der Waals surface area contributed by atoms with E-state index in [0.29, 0.717) is 41.0 Å². The smallest absolute Gasteiger partial charge is 0.260 e. The maximum absolute atomic E-state index is 12.9. The van der Waals surface area contributed by atoms with E-state index in [1.165, 1.54) is 0 Å². The van der Waals surface area contributed by atoms with Gasteiger partial charge in [0.2, 0.25) is 0 Å². The topological polar surface area (TPSA) is 49.9 Å². The Labute approximate surface area is 187 Å². The Morgan fingerprint density at radius 1 is 1.07 bits per heavy atom. The summed E-state index contributed by atoms with van der Waals surface area (Å²) in [5, 5.41) is 0.835. The molecule has 30 heavy (non-hydrogen) atoms. The van der Waals surface area contributed by atoms with Crippen LogP contribution in [0.2, 0.25) is 10.0 Å². The second-order valence-electron chi connectivity index (χ2n) is 7.34. The average Bonchev–Trinajstić information content (AvgIpc) is 2.78. The fraction of sp³-hybridized carbons (Fsp3) is 0.391. The van der Waals surface area contributed by atoms with Crippen LogP contribution in [0.15, 0.2) is 48.5 Å². The second-order valence-corrected chi connectivity index (χ2v) is 8.16. The predicted octanol–water partition coefficient (Wildman–Crippen LogP) is 4.92. The molecule has 1 fully saturated rings. The molecule has 0 atom stereocenters. The number of hydrogen-bond donors (Lipinski definition) is 0. The lowest BCUT2D eigenvalue weighted by molar-refractivity contribution is -0.136. The van der Waals surface area contributed by atoms with Crippen molar-refractivity contribution in [3.05, 3.63) is 64.1 Å². The molecule has 0 N–H and O–H groups in total. The van der Waals surface area contributed by atoms with Gasteiger partial charge in [-0.15, -0.1) is 0 Å². The third-order valence-electron chi connectivity index (χ3n) is 5.25. The maximum Gasteiger partial charge on any atom is 0.260 e. The lowest BCUT2D eigenvalue weighted by Gasteiger charge is -2.38. The van der Waals surface area contributed by atoms with E-state index in [0.717, 1.165) is 19.3 Å². The molecule has 7 heteroatoms. The molecule has 1 aliphatic rings. The largest absolute Gasteiger partial charge is 0.484 e. The summed E-state index contributed by atoms with van der Waals surface area (Å²) < 4.78 is 5.64. The molecule has 1 aliphatic heterocycles. The van der Waals surface area contributed by atoms with Gasteiger partial charge >= 0.3 is 0 Å². The number of carbonyl (C=O) groups excluding carboxylic acids is 2. The third-order valence-corrected chi connectivity index (χ3v) is 5.99. The average molecular weight is 449 g/mol. The van der Waals surface area contributed by atoms with Gasteiger partial charge in [-0.3, -0.25) is 9.59 Å². The van der Waals surface area contributed by atoms with Crippen molar-refractivity contribution in [1.82, 2.24) is 9.80 Å². The van der Waals surface area contributed by atoms with Crippen molar-refractivity contribution < 1.29 is 14.3 Å². The Balaban J connectivity index is 1.56. The highest BCUT2D eigenvalue weighted by Gasteiger charge is 2.29. The fourth-order valence-electron chi connectivity index (χ4n) is 3.69. The minimum Gasteiger partial charge on any atom is -0.484 e. The zero-order chi connectivity index (χ0) is 21.5. The Hall–Kier alpha value is -2.24. The molecule has 0 spiro atoms. The number of amides is 2. The normalized spacial score (nSPS) is 14.4. The SMILES string of the molecule is CCCN(C(=O)COc1ccc(Cl)c(Cl)c1)C1CCN(C(=O)c2ccccc2)CC1. The zero-order valence-corrected chi connectivity index (χ0v) is 18.5. The number of benzene rings is 2. The van der Waals surface area contributed by atoms with E-state index in [1.54, 1.807) is 18.2 Å². The first-order chi connectivity index (χ1) is 14.5. The number of rotatable bonds is 7. The van der Waals surface area contributed by atoms with Crippen molar-refractivity contribution in [2.75, 3.05) is 26.2 Å². The number of carbonyl (C=O) groups is 2. The van der Waals surface area contributed by atoms with Crippen molar-refractivity contribution >= 4 is 35.0 Å². The van der Waals surface area contributed by atoms with Crippen LogP contribution < -0.4 is 4.74 Å². The molecule has 3 rings (SSSR count). The molecule has 0 bridgehead atoms. The Morgan fingerprint density at radius 3 is 2.40 bits per heavy atom. The van der Waals surface area contributed by atoms with Crippen molar-refractivity contribution in [1.29, 1.82) is 0 Å². The number of piperidine rings is 1. The first kappa shape index (κ1) is 22.4. The Kier molecular flexibility index (Phi) is 8.00. The van der Waals surface area contributed by atoms with E-state index < -0.39 is 0 Å². The summed E-state index contributed by atoms with van der Waals surface area (Å²) >= 11 is 11.9. The second kappa shape index (κ2) is 10.7. The molecule has 0 aromatic heterocycles. The quantitative estimate of drug-likeness (QED) is 0.603. The predicted molar refractivity (Wildman–Crippen MR) is 119 cm³/mol. The van der Waals surface area contributed by atoms with Crippen LogP contribution >= 0.6 is 23.2 Å². The van der Waals surface area contributed by atoms with E-state index in [2.05, 4.69) is 0 Å². The highest BCUT2D eigenvalue weighted by molar-refractivity contribution is 6.42. The van der Waals surface area contributed by atoms with Crippen LogP contribution in [0.25, 0.3) is 0 Å². The molecule has 0 unspecified atom stereocenters. The van der Waals surface area contributed by atoms with E-state index in [4.69, 9.17) is 27.9 Å². The molecule has 0 saturated carbocycles. The molecule has 0 radical (unpaired) electrons. The van der Waals surface area contributed by atoms with Crippen molar-refractivity contribution in [3.8, 4) is 5.75 Å². The van der Waals surface area contributed by atoms with Crippen LogP contribution in [0.4, 0.5) is 0 Å². The van der Waals surface area contributed by atoms with Gasteiger partial charge in [0.15, 0.2) is 6.61 Å². The minimum absolute atomic E-state index is 0.0466. The first-order valence-corrected chi connectivity index (χ1v) is 11.0. The van der Waals surface area contributed by atoms with Gasteiger partial charge in [-0.1, -0.05) is 48.3 Å². The van der Waals surface area contributed by atoms with Crippen LogP contribution in [0, 0.1) is 0 Å². The lowest BCUT2D eigenvalue weighted by Crippen LogP contribution is -2.50. The van der Waals surface area contributed by atoms with E-state index in [9.17, 15) is 9.59 Å². The van der Waals surface area contributed by atoms with Crippen LogP contribution in [-0.2, 0) is 4.79 Å². The molecule has 1 saturated heterocycles. The molecule has 5 nitrogen and oxygen atoms in total. The number of nitrogens with zero attached hydrogens (tertiary/aromatic N) is 2. The van der Waals surface area contributed by atoms with Gasteiger partial charge in [0, 0.05) is 37.3 Å². The lowest BCUT2D eigenvalue weighted by atomic mass is 10.0. The van der Waals surface area contributed by atoms with Gasteiger partial charge in [0.25, 0.3) is 11.8 Å². The van der Waals surface area contributed by atoms with Crippen LogP contribution in [-0.4, -0.2) is 53.9 Å². The summed E-state index contributed by atoms with van der Waals surface area (Å²) in [7, 11) is 0. The van der Waals surface area contributed by atoms with Crippen LogP contribution in [0.3, 0.4) is 0 Å². The summed E-state index contributed by atoms with van der Waals surface area (Å²) in [5.74, 6) is 0.499. The Morgan fingerprint density at radius 2 is 1.77 bits per heavy atom. The number of hydrogen-bond acceptors (Lipinski definition) is 3. The van der Waals surface area contributed by atoms with Crippen molar-refractivity contribution in [3.63, 3.8) is 0 Å². The van der Waals surface area contributed by atoms with E-state index in [-0.39, 0.29) is 24.5 Å². The van der Waals surface area contributed by atoms with E-state index >= 15 is 0 Å². The summed E-state index contributed by atoms with van der Waals surface area (Å²) in [5.41, 5.74) is 0.701. The van der Waals surface area contributed by atoms with Crippen LogP contribution in [0.5, 0.6) is 5.75 Å². The molecule has 1 heterocycles. The summed E-state index contributed by atoms with van der Waals surface area (Å²) in [4.78, 5) is 29.3. The van der Waals surface area contributed by atoms with E-state index in [1.807, 2.05) is 47.1 Å². The fourth-order valence-corrected chi connectivity index (χ4v) is 3.98. The molecule has 2 aromatic rings. The van der Waals surface area contributed by atoms with Gasteiger partial charge in [-0.25, -0.2) is 0 Å². The summed E-state index contributed by atoms with van der Waals surface area (Å²) in [6, 6.07) is 14.4. The summed E-state index contributed by atoms with van der Waals surface area (Å²) in [6.45, 7) is 3.94. The maximum atomic E-state index is 12.9. The standard InChI is InChI=1S/C23H26Cl2N2O3/c1-2-12-27(22(28)16-30-19-8-9-20(24)21(25)15-19)18-10-13-26(14-11-18)23(29)17-6-4-3-5-7-17/h3-9,15,18H,2,10-14,16H2,1H3. The zero-order valence-electron chi connectivity index (χ0n) is 17.0. The van der Waals surface area contributed by atoms with Gasteiger partial charge in [0.1, 0.15) is 5.75 Å². The van der Waals surface area contributed by atoms with Gasteiger partial charge in [0.05, 0.1) is 10.0 Å². The van der Waals surface area contributed by atoms with Gasteiger partial charge in [-0.2, -0.15) is 0 Å². The highest BCUT2D eigenvalue weighted by Crippen LogP contribution is 2.26. The number of likely N-dealkylation sites (tertiary alicyclic amines) is 1. The number of ether oxygens (including phenoxy) is 1. The summed E-state index contributed by atoms with van der Waals surface area (Å²) in [6.07, 6.45) is 2.38. The first-order valence-electron chi connectivity index (χ1n) is 10.2. The van der Waals surface area contributed by atoms with Crippen molar-refractivity contribution in [2.45, 2.75) is 32.2 Å².